The summed E-state index contributed by atoms with van der Waals surface area (Å²) in [6, 6.07) is 0. The first-order valence-corrected chi connectivity index (χ1v) is 2.62. The Balaban J connectivity index is 3.36. The van der Waals surface area contributed by atoms with Gasteiger partial charge in [-0.15, -0.1) is 0 Å². The maximum atomic E-state index is 3.83. The van der Waals surface area contributed by atoms with Crippen molar-refractivity contribution in [1.82, 2.24) is 10.6 Å². The van der Waals surface area contributed by atoms with Crippen LogP contribution in [0.2, 0.25) is 0 Å². The lowest BCUT2D eigenvalue weighted by Gasteiger charge is -2.06. The van der Waals surface area contributed by atoms with Crippen LogP contribution in [0.5, 0.6) is 0 Å². The number of hydrogen-bond acceptors (Lipinski definition) is 3. The Bertz CT molecular complexity index is 66.1. The Labute approximate surface area is 50.2 Å². The molecule has 0 aromatic heterocycles. The molecular weight excluding hydrogens is 102 g/mol. The minimum absolute atomic E-state index is 0.208. The first kappa shape index (κ1) is 7.59. The summed E-state index contributed by atoms with van der Waals surface area (Å²) >= 11 is 0. The summed E-state index contributed by atoms with van der Waals surface area (Å²) in [5.74, 6) is 0. The minimum Gasteiger partial charge on any atom is -0.300 e. The zero-order chi connectivity index (χ0) is 6.41. The highest BCUT2D eigenvalue weighted by atomic mass is 15.1. The second kappa shape index (κ2) is 4.74. The summed E-state index contributed by atoms with van der Waals surface area (Å²) in [5, 5.41) is 5.98. The Morgan fingerprint density at radius 3 is 2.00 bits per heavy atom. The summed E-state index contributed by atoms with van der Waals surface area (Å²) < 4.78 is 0. The summed E-state index contributed by atoms with van der Waals surface area (Å²) in [5.41, 5.74) is 0. The quantitative estimate of drug-likeness (QED) is 0.382. The number of rotatable bonds is 3. The molecule has 0 unspecified atom stereocenters. The molecule has 2 N–H and O–H groups in total. The van der Waals surface area contributed by atoms with E-state index < -0.39 is 0 Å². The van der Waals surface area contributed by atoms with Gasteiger partial charge in [0.15, 0.2) is 0 Å². The van der Waals surface area contributed by atoms with E-state index in [9.17, 15) is 0 Å². The first-order chi connectivity index (χ1) is 3.85. The van der Waals surface area contributed by atoms with Crippen LogP contribution < -0.4 is 10.6 Å². The highest BCUT2D eigenvalue weighted by Crippen LogP contribution is 1.64. The van der Waals surface area contributed by atoms with Crippen LogP contribution in [-0.2, 0) is 0 Å². The molecule has 0 fully saturated rings. The Morgan fingerprint density at radius 2 is 1.88 bits per heavy atom. The van der Waals surface area contributed by atoms with E-state index >= 15 is 0 Å². The van der Waals surface area contributed by atoms with E-state index in [4.69, 9.17) is 0 Å². The molecule has 8 heavy (non-hydrogen) atoms. The maximum Gasteiger partial charge on any atom is 0.0930 e. The van der Waals surface area contributed by atoms with E-state index in [1.165, 1.54) is 0 Å². The predicted octanol–water partition coefficient (Wildman–Crippen LogP) is -0.548. The van der Waals surface area contributed by atoms with E-state index in [1.54, 1.807) is 13.3 Å². The third kappa shape index (κ3) is 2.71. The van der Waals surface area contributed by atoms with Gasteiger partial charge in [-0.1, -0.05) is 0 Å². The largest absolute Gasteiger partial charge is 0.300 e. The molecule has 0 atom stereocenters. The maximum absolute atomic E-state index is 3.83. The smallest absolute Gasteiger partial charge is 0.0930 e. The summed E-state index contributed by atoms with van der Waals surface area (Å²) in [6.07, 6.45) is 2.01. The van der Waals surface area contributed by atoms with E-state index in [0.29, 0.717) is 0 Å². The summed E-state index contributed by atoms with van der Waals surface area (Å²) in [4.78, 5) is 3.83. The molecule has 0 aromatic rings. The standard InChI is InChI=1S/C5H13N3/c1-6-4-5(7-2)8-3/h4-5,7-8H,1-3H3/b6-4-. The van der Waals surface area contributed by atoms with Crippen molar-refractivity contribution in [3.05, 3.63) is 0 Å². The molecule has 0 spiro atoms. The van der Waals surface area contributed by atoms with Gasteiger partial charge in [0, 0.05) is 13.3 Å². The van der Waals surface area contributed by atoms with Gasteiger partial charge in [0.2, 0.25) is 0 Å². The lowest BCUT2D eigenvalue weighted by molar-refractivity contribution is 0.626. The third-order valence-corrected chi connectivity index (χ3v) is 0.920. The minimum atomic E-state index is 0.208. The first-order valence-electron chi connectivity index (χ1n) is 2.62. The molecule has 0 rings (SSSR count). The molecule has 48 valence electrons. The molecule has 0 saturated carbocycles. The number of nitrogens with zero attached hydrogens (tertiary/aromatic N) is 1. The molecule has 0 aliphatic heterocycles. The zero-order valence-corrected chi connectivity index (χ0v) is 5.60. The second-order valence-electron chi connectivity index (χ2n) is 1.46. The Hall–Kier alpha value is -0.410. The number of nitrogens with one attached hydrogen (secondary N) is 2. The van der Waals surface area contributed by atoms with Crippen molar-refractivity contribution in [2.75, 3.05) is 21.1 Å². The number of hydrogen-bond donors (Lipinski definition) is 2. The molecule has 0 aromatic carbocycles. The average molecular weight is 115 g/mol. The molecular formula is C5H13N3. The van der Waals surface area contributed by atoms with E-state index in [-0.39, 0.29) is 6.17 Å². The van der Waals surface area contributed by atoms with Crippen molar-refractivity contribution >= 4 is 6.21 Å². The van der Waals surface area contributed by atoms with Crippen LogP contribution in [0.4, 0.5) is 0 Å². The van der Waals surface area contributed by atoms with Gasteiger partial charge in [-0.3, -0.25) is 4.99 Å². The van der Waals surface area contributed by atoms with E-state index in [1.807, 2.05) is 14.1 Å². The van der Waals surface area contributed by atoms with Crippen LogP contribution in [0.3, 0.4) is 0 Å². The number of aliphatic imine (C=N–C) groups is 1. The fourth-order valence-electron chi connectivity index (χ4n) is 0.442. The summed E-state index contributed by atoms with van der Waals surface area (Å²) in [7, 11) is 5.51. The molecule has 0 saturated heterocycles. The van der Waals surface area contributed by atoms with E-state index in [0.717, 1.165) is 0 Å². The van der Waals surface area contributed by atoms with Gasteiger partial charge in [-0.05, 0) is 14.1 Å². The molecule has 0 radical (unpaired) electrons. The van der Waals surface area contributed by atoms with Crippen molar-refractivity contribution in [2.24, 2.45) is 4.99 Å². The average Bonchev–Trinajstić information content (AvgIpc) is 1.83. The molecule has 3 heteroatoms. The van der Waals surface area contributed by atoms with Crippen molar-refractivity contribution in [3.8, 4) is 0 Å². The van der Waals surface area contributed by atoms with Crippen molar-refractivity contribution in [3.63, 3.8) is 0 Å². The van der Waals surface area contributed by atoms with Crippen molar-refractivity contribution in [2.45, 2.75) is 6.17 Å². The SMILES string of the molecule is C/N=C\C(NC)NC. The highest BCUT2D eigenvalue weighted by molar-refractivity contribution is 5.63. The lowest BCUT2D eigenvalue weighted by atomic mass is 10.5. The summed E-state index contributed by atoms with van der Waals surface area (Å²) in [6.45, 7) is 0. The van der Waals surface area contributed by atoms with Crippen LogP contribution in [0.25, 0.3) is 0 Å². The van der Waals surface area contributed by atoms with E-state index in [2.05, 4.69) is 15.6 Å². The van der Waals surface area contributed by atoms with Gasteiger partial charge < -0.3 is 10.6 Å². The highest BCUT2D eigenvalue weighted by Gasteiger charge is 1.91. The topological polar surface area (TPSA) is 36.4 Å². The second-order valence-corrected chi connectivity index (χ2v) is 1.46. The molecule has 0 aliphatic rings. The molecule has 3 nitrogen and oxygen atoms in total. The third-order valence-electron chi connectivity index (χ3n) is 0.920. The van der Waals surface area contributed by atoms with Gasteiger partial charge >= 0.3 is 0 Å². The van der Waals surface area contributed by atoms with Crippen molar-refractivity contribution < 1.29 is 0 Å². The zero-order valence-electron chi connectivity index (χ0n) is 5.60. The van der Waals surface area contributed by atoms with Crippen LogP contribution in [-0.4, -0.2) is 33.5 Å². The van der Waals surface area contributed by atoms with Gasteiger partial charge in [-0.2, -0.15) is 0 Å². The fraction of sp³-hybridized carbons (Fsp3) is 0.800. The fourth-order valence-corrected chi connectivity index (χ4v) is 0.442. The van der Waals surface area contributed by atoms with Crippen LogP contribution in [0.1, 0.15) is 0 Å². The molecule has 0 amide bonds. The van der Waals surface area contributed by atoms with Gasteiger partial charge in [0.1, 0.15) is 0 Å². The predicted molar refractivity (Wildman–Crippen MR) is 36.3 cm³/mol. The Morgan fingerprint density at radius 1 is 1.38 bits per heavy atom. The van der Waals surface area contributed by atoms with Crippen molar-refractivity contribution in [1.29, 1.82) is 0 Å². The van der Waals surface area contributed by atoms with Gasteiger partial charge in [0.25, 0.3) is 0 Å². The lowest BCUT2D eigenvalue weighted by Crippen LogP contribution is -2.38. The van der Waals surface area contributed by atoms with Crippen LogP contribution in [0, 0.1) is 0 Å². The normalized spacial score (nSPS) is 11.5. The van der Waals surface area contributed by atoms with Crippen LogP contribution >= 0.6 is 0 Å². The Kier molecular flexibility index (Phi) is 4.50. The molecule has 0 bridgehead atoms. The monoisotopic (exact) mass is 115 g/mol. The van der Waals surface area contributed by atoms with Gasteiger partial charge in [-0.25, -0.2) is 0 Å². The van der Waals surface area contributed by atoms with Crippen LogP contribution in [0.15, 0.2) is 4.99 Å². The van der Waals surface area contributed by atoms with Gasteiger partial charge in [0.05, 0.1) is 6.17 Å². The molecule has 0 aliphatic carbocycles. The molecule has 0 heterocycles.